The maximum absolute atomic E-state index is 11.5. The van der Waals surface area contributed by atoms with Gasteiger partial charge in [0.05, 0.1) is 5.56 Å². The molecule has 3 aromatic rings. The van der Waals surface area contributed by atoms with E-state index in [1.165, 1.54) is 6.33 Å². The van der Waals surface area contributed by atoms with Gasteiger partial charge in [-0.2, -0.15) is 0 Å². The van der Waals surface area contributed by atoms with Crippen LogP contribution in [0.25, 0.3) is 22.6 Å². The van der Waals surface area contributed by atoms with Gasteiger partial charge in [0.15, 0.2) is 5.65 Å². The number of fused-ring (bicyclic) bond motifs is 1. The number of rotatable bonds is 1. The standard InChI is InChI=1S/C9H6N6O2/c16-8-5-7(14-9(17)15-8)13-6(12-5)4-1-10-3-11-2-4/h1-3H,(H3,12,13,14,15,16,17). The van der Waals surface area contributed by atoms with Crippen LogP contribution in [0.1, 0.15) is 0 Å². The predicted molar refractivity (Wildman–Crippen MR) is 58.4 cm³/mol. The highest BCUT2D eigenvalue weighted by atomic mass is 16.2. The van der Waals surface area contributed by atoms with Gasteiger partial charge >= 0.3 is 5.69 Å². The molecule has 0 aliphatic carbocycles. The molecule has 0 amide bonds. The maximum atomic E-state index is 11.5. The van der Waals surface area contributed by atoms with Crippen molar-refractivity contribution in [1.29, 1.82) is 0 Å². The van der Waals surface area contributed by atoms with Crippen molar-refractivity contribution in [1.82, 2.24) is 29.9 Å². The molecule has 0 fully saturated rings. The fraction of sp³-hybridized carbons (Fsp3) is 0. The Bertz CT molecular complexity index is 784. The number of nitrogens with one attached hydrogen (secondary N) is 3. The fourth-order valence-electron chi connectivity index (χ4n) is 1.49. The molecule has 0 saturated carbocycles. The quantitative estimate of drug-likeness (QED) is 0.515. The van der Waals surface area contributed by atoms with Gasteiger partial charge in [-0.25, -0.2) is 19.7 Å². The molecule has 0 radical (unpaired) electrons. The third kappa shape index (κ3) is 1.51. The van der Waals surface area contributed by atoms with E-state index in [2.05, 4.69) is 29.9 Å². The third-order valence-corrected chi connectivity index (χ3v) is 2.22. The highest BCUT2D eigenvalue weighted by Gasteiger charge is 2.09. The Morgan fingerprint density at radius 2 is 1.76 bits per heavy atom. The third-order valence-electron chi connectivity index (χ3n) is 2.22. The van der Waals surface area contributed by atoms with Crippen molar-refractivity contribution in [2.45, 2.75) is 0 Å². The molecule has 0 aliphatic heterocycles. The molecule has 0 bridgehead atoms. The van der Waals surface area contributed by atoms with Crippen LogP contribution in [0.3, 0.4) is 0 Å². The molecule has 3 heterocycles. The minimum atomic E-state index is -0.593. The molecule has 0 spiro atoms. The molecule has 0 atom stereocenters. The smallest absolute Gasteiger partial charge is 0.327 e. The summed E-state index contributed by atoms with van der Waals surface area (Å²) in [5.74, 6) is 0.424. The number of hydrogen-bond donors (Lipinski definition) is 3. The van der Waals surface area contributed by atoms with Crippen LogP contribution in [-0.2, 0) is 0 Å². The minimum absolute atomic E-state index is 0.206. The van der Waals surface area contributed by atoms with E-state index in [1.54, 1.807) is 12.4 Å². The Morgan fingerprint density at radius 3 is 2.53 bits per heavy atom. The van der Waals surface area contributed by atoms with Crippen LogP contribution in [0.2, 0.25) is 0 Å². The largest absolute Gasteiger partial charge is 0.332 e. The van der Waals surface area contributed by atoms with Crippen LogP contribution < -0.4 is 11.2 Å². The maximum Gasteiger partial charge on any atom is 0.327 e. The van der Waals surface area contributed by atoms with E-state index in [0.29, 0.717) is 11.4 Å². The average Bonchev–Trinajstić information content (AvgIpc) is 2.74. The van der Waals surface area contributed by atoms with Gasteiger partial charge in [-0.05, 0) is 0 Å². The van der Waals surface area contributed by atoms with Crippen molar-refractivity contribution >= 4 is 11.2 Å². The number of imidazole rings is 1. The van der Waals surface area contributed by atoms with Crippen LogP contribution in [0, 0.1) is 0 Å². The molecule has 0 unspecified atom stereocenters. The molecule has 8 nitrogen and oxygen atoms in total. The lowest BCUT2D eigenvalue weighted by atomic mass is 10.3. The predicted octanol–water partition coefficient (Wildman–Crippen LogP) is -0.604. The Labute approximate surface area is 92.8 Å². The molecule has 0 aliphatic rings. The number of hydrogen-bond acceptors (Lipinski definition) is 5. The highest BCUT2D eigenvalue weighted by molar-refractivity contribution is 5.74. The topological polar surface area (TPSA) is 120 Å². The second-order valence-electron chi connectivity index (χ2n) is 3.34. The van der Waals surface area contributed by atoms with Crippen LogP contribution >= 0.6 is 0 Å². The number of H-pyrrole nitrogens is 3. The molecule has 3 N–H and O–H groups in total. The Balaban J connectivity index is 2.31. The van der Waals surface area contributed by atoms with E-state index in [0.717, 1.165) is 0 Å². The lowest BCUT2D eigenvalue weighted by Gasteiger charge is -1.91. The SMILES string of the molecule is O=c1[nH]c(=O)c2[nH]c(-c3cncnc3)nc2[nH]1. The summed E-state index contributed by atoms with van der Waals surface area (Å²) >= 11 is 0. The second-order valence-corrected chi connectivity index (χ2v) is 3.34. The normalized spacial score (nSPS) is 10.8. The molecule has 3 rings (SSSR count). The van der Waals surface area contributed by atoms with Crippen molar-refractivity contribution in [3.05, 3.63) is 39.6 Å². The van der Waals surface area contributed by atoms with Crippen molar-refractivity contribution in [2.24, 2.45) is 0 Å². The van der Waals surface area contributed by atoms with Crippen molar-refractivity contribution in [2.75, 3.05) is 0 Å². The van der Waals surface area contributed by atoms with Crippen LogP contribution in [0.15, 0.2) is 28.3 Å². The summed E-state index contributed by atoms with van der Waals surface area (Å²) in [6.07, 6.45) is 4.49. The lowest BCUT2D eigenvalue weighted by Crippen LogP contribution is -2.21. The van der Waals surface area contributed by atoms with E-state index in [9.17, 15) is 9.59 Å². The van der Waals surface area contributed by atoms with E-state index in [4.69, 9.17) is 0 Å². The zero-order chi connectivity index (χ0) is 11.8. The molecule has 0 saturated heterocycles. The van der Waals surface area contributed by atoms with Crippen molar-refractivity contribution in [3.63, 3.8) is 0 Å². The van der Waals surface area contributed by atoms with Crippen LogP contribution in [0.5, 0.6) is 0 Å². The molecule has 0 aromatic carbocycles. The molecular weight excluding hydrogens is 224 g/mol. The summed E-state index contributed by atoms with van der Waals surface area (Å²) in [5, 5.41) is 0. The Morgan fingerprint density at radius 1 is 1.00 bits per heavy atom. The van der Waals surface area contributed by atoms with E-state index >= 15 is 0 Å². The Kier molecular flexibility index (Phi) is 1.87. The summed E-state index contributed by atoms with van der Waals surface area (Å²) in [4.78, 5) is 41.6. The van der Waals surface area contributed by atoms with Crippen LogP contribution in [0.4, 0.5) is 0 Å². The summed E-state index contributed by atoms with van der Waals surface area (Å²) in [6.45, 7) is 0. The van der Waals surface area contributed by atoms with Gasteiger partial charge in [0.2, 0.25) is 0 Å². The van der Waals surface area contributed by atoms with E-state index in [1.807, 2.05) is 0 Å². The zero-order valence-electron chi connectivity index (χ0n) is 8.39. The van der Waals surface area contributed by atoms with E-state index in [-0.39, 0.29) is 11.2 Å². The van der Waals surface area contributed by atoms with Gasteiger partial charge in [0, 0.05) is 12.4 Å². The van der Waals surface area contributed by atoms with E-state index < -0.39 is 11.2 Å². The molecule has 17 heavy (non-hydrogen) atoms. The first-order valence-electron chi connectivity index (χ1n) is 4.72. The van der Waals surface area contributed by atoms with Gasteiger partial charge in [-0.1, -0.05) is 0 Å². The second kappa shape index (κ2) is 3.37. The molecular formula is C9H6N6O2. The van der Waals surface area contributed by atoms with Gasteiger partial charge < -0.3 is 4.98 Å². The van der Waals surface area contributed by atoms with Gasteiger partial charge in [-0.15, -0.1) is 0 Å². The molecule has 84 valence electrons. The summed E-state index contributed by atoms with van der Waals surface area (Å²) in [6, 6.07) is 0. The average molecular weight is 230 g/mol. The molecule has 8 heteroatoms. The highest BCUT2D eigenvalue weighted by Crippen LogP contribution is 2.14. The van der Waals surface area contributed by atoms with Crippen LogP contribution in [-0.4, -0.2) is 29.9 Å². The number of aromatic nitrogens is 6. The van der Waals surface area contributed by atoms with Gasteiger partial charge in [0.25, 0.3) is 5.56 Å². The monoisotopic (exact) mass is 230 g/mol. The van der Waals surface area contributed by atoms with Crippen molar-refractivity contribution < 1.29 is 0 Å². The molecule has 3 aromatic heterocycles. The summed E-state index contributed by atoms with van der Waals surface area (Å²) in [7, 11) is 0. The first-order chi connectivity index (χ1) is 8.24. The Hall–Kier alpha value is -2.77. The fourth-order valence-corrected chi connectivity index (χ4v) is 1.49. The first kappa shape index (κ1) is 9.46. The van der Waals surface area contributed by atoms with Gasteiger partial charge in [0.1, 0.15) is 17.7 Å². The summed E-state index contributed by atoms with van der Waals surface area (Å²) < 4.78 is 0. The minimum Gasteiger partial charge on any atom is -0.332 e. The lowest BCUT2D eigenvalue weighted by molar-refractivity contribution is 1.07. The first-order valence-corrected chi connectivity index (χ1v) is 4.72. The number of aromatic amines is 3. The zero-order valence-corrected chi connectivity index (χ0v) is 8.39. The summed E-state index contributed by atoms with van der Waals surface area (Å²) in [5.41, 5.74) is -0.0609. The number of nitrogens with zero attached hydrogens (tertiary/aromatic N) is 3. The van der Waals surface area contributed by atoms with Crippen molar-refractivity contribution in [3.8, 4) is 11.4 Å². The van der Waals surface area contributed by atoms with Gasteiger partial charge in [-0.3, -0.25) is 14.8 Å².